The van der Waals surface area contributed by atoms with Crippen LogP contribution in [0.1, 0.15) is 13.3 Å². The predicted octanol–water partition coefficient (Wildman–Crippen LogP) is 0.729. The number of aliphatic hydroxyl groups excluding tert-OH is 1. The van der Waals surface area contributed by atoms with Gasteiger partial charge in [0.2, 0.25) is 0 Å². The number of nitrogens with one attached hydrogen (secondary N) is 1. The minimum absolute atomic E-state index is 0.0585. The van der Waals surface area contributed by atoms with Gasteiger partial charge >= 0.3 is 0 Å². The van der Waals surface area contributed by atoms with Crippen molar-refractivity contribution in [1.29, 1.82) is 0 Å². The van der Waals surface area contributed by atoms with Crippen LogP contribution in [0.4, 0.5) is 5.69 Å². The normalized spacial score (nSPS) is 12.6. The molecule has 2 N–H and O–H groups in total. The Kier molecular flexibility index (Phi) is 7.40. The quantitative estimate of drug-likeness (QED) is 0.605. The Morgan fingerprint density at radius 3 is 3.00 bits per heavy atom. The van der Waals surface area contributed by atoms with Crippen LogP contribution in [0.2, 0.25) is 0 Å². The van der Waals surface area contributed by atoms with Gasteiger partial charge < -0.3 is 19.9 Å². The summed E-state index contributed by atoms with van der Waals surface area (Å²) < 4.78 is 12.0. The van der Waals surface area contributed by atoms with Crippen molar-refractivity contribution >= 4 is 5.69 Å². The monoisotopic (exact) mass is 257 g/mol. The summed E-state index contributed by atoms with van der Waals surface area (Å²) >= 11 is 0. The van der Waals surface area contributed by atoms with E-state index in [1.54, 1.807) is 13.3 Å². The van der Waals surface area contributed by atoms with Crippen LogP contribution in [0.15, 0.2) is 12.4 Å². The maximum Gasteiger partial charge on any atom is 0.0728 e. The molecule has 104 valence electrons. The zero-order valence-electron chi connectivity index (χ0n) is 11.1. The number of hydrogen-bond acceptors (Lipinski definition) is 5. The Morgan fingerprint density at radius 2 is 2.28 bits per heavy atom. The standard InChI is InChI=1S/C12H23N3O3/c1-11(3-6-17-2)14-12-9-13-15(10-12)4-7-18-8-5-16/h9-11,14,16H,3-8H2,1-2H3. The van der Waals surface area contributed by atoms with Crippen LogP contribution in [-0.2, 0) is 16.0 Å². The summed E-state index contributed by atoms with van der Waals surface area (Å²) in [6.07, 6.45) is 4.71. The first-order valence-corrected chi connectivity index (χ1v) is 6.22. The first kappa shape index (κ1) is 14.9. The van der Waals surface area contributed by atoms with Crippen molar-refractivity contribution < 1.29 is 14.6 Å². The molecule has 1 aromatic heterocycles. The Balaban J connectivity index is 2.25. The zero-order chi connectivity index (χ0) is 13.2. The van der Waals surface area contributed by atoms with Gasteiger partial charge in [-0.05, 0) is 13.3 Å². The van der Waals surface area contributed by atoms with Gasteiger partial charge in [-0.15, -0.1) is 0 Å². The van der Waals surface area contributed by atoms with E-state index < -0.39 is 0 Å². The van der Waals surface area contributed by atoms with Crippen LogP contribution in [0, 0.1) is 0 Å². The van der Waals surface area contributed by atoms with Gasteiger partial charge in [-0.2, -0.15) is 5.10 Å². The van der Waals surface area contributed by atoms with Crippen LogP contribution in [0.3, 0.4) is 0 Å². The maximum atomic E-state index is 8.57. The van der Waals surface area contributed by atoms with E-state index in [1.807, 2.05) is 10.9 Å². The number of anilines is 1. The molecule has 1 unspecified atom stereocenters. The molecule has 0 fully saturated rings. The Morgan fingerprint density at radius 1 is 1.44 bits per heavy atom. The van der Waals surface area contributed by atoms with E-state index in [1.165, 1.54) is 0 Å². The summed E-state index contributed by atoms with van der Waals surface area (Å²) in [5.74, 6) is 0. The topological polar surface area (TPSA) is 68.5 Å². The minimum atomic E-state index is 0.0585. The van der Waals surface area contributed by atoms with Gasteiger partial charge in [-0.3, -0.25) is 4.68 Å². The lowest BCUT2D eigenvalue weighted by Crippen LogP contribution is -2.16. The molecule has 1 rings (SSSR count). The van der Waals surface area contributed by atoms with Gasteiger partial charge in [0.1, 0.15) is 0 Å². The molecule has 0 radical (unpaired) electrons. The highest BCUT2D eigenvalue weighted by Gasteiger charge is 2.03. The molecule has 0 aliphatic carbocycles. The van der Waals surface area contributed by atoms with Gasteiger partial charge in [0.15, 0.2) is 0 Å². The average molecular weight is 257 g/mol. The highest BCUT2D eigenvalue weighted by Crippen LogP contribution is 2.08. The molecule has 6 nitrogen and oxygen atoms in total. The lowest BCUT2D eigenvalue weighted by atomic mass is 10.2. The number of hydrogen-bond donors (Lipinski definition) is 2. The van der Waals surface area contributed by atoms with Crippen LogP contribution in [0.5, 0.6) is 0 Å². The lowest BCUT2D eigenvalue weighted by Gasteiger charge is -2.12. The smallest absolute Gasteiger partial charge is 0.0728 e. The van der Waals surface area contributed by atoms with Crippen molar-refractivity contribution in [3.8, 4) is 0 Å². The molecule has 0 aliphatic heterocycles. The molecule has 1 atom stereocenters. The fraction of sp³-hybridized carbons (Fsp3) is 0.750. The molecular weight excluding hydrogens is 234 g/mol. The lowest BCUT2D eigenvalue weighted by molar-refractivity contribution is 0.0854. The zero-order valence-corrected chi connectivity index (χ0v) is 11.1. The molecule has 0 amide bonds. The van der Waals surface area contributed by atoms with E-state index >= 15 is 0 Å². The second-order valence-electron chi connectivity index (χ2n) is 4.15. The van der Waals surface area contributed by atoms with Crippen LogP contribution < -0.4 is 5.32 Å². The second-order valence-corrected chi connectivity index (χ2v) is 4.15. The molecule has 0 aromatic carbocycles. The van der Waals surface area contributed by atoms with Crippen molar-refractivity contribution in [1.82, 2.24) is 9.78 Å². The summed E-state index contributed by atoms with van der Waals surface area (Å²) in [6, 6.07) is 0.355. The summed E-state index contributed by atoms with van der Waals surface area (Å²) in [7, 11) is 1.71. The summed E-state index contributed by atoms with van der Waals surface area (Å²) in [4.78, 5) is 0. The molecule has 0 aliphatic rings. The Hall–Kier alpha value is -1.11. The third kappa shape index (κ3) is 6.00. The summed E-state index contributed by atoms with van der Waals surface area (Å²) in [5.41, 5.74) is 1.00. The molecule has 6 heteroatoms. The van der Waals surface area contributed by atoms with E-state index in [2.05, 4.69) is 17.3 Å². The summed E-state index contributed by atoms with van der Waals surface area (Å²) in [5, 5.41) is 16.2. The largest absolute Gasteiger partial charge is 0.394 e. The first-order chi connectivity index (χ1) is 8.76. The molecular formula is C12H23N3O3. The van der Waals surface area contributed by atoms with Crippen LogP contribution in [0.25, 0.3) is 0 Å². The fourth-order valence-electron chi connectivity index (χ4n) is 1.54. The highest BCUT2D eigenvalue weighted by atomic mass is 16.5. The Labute approximate surface area is 108 Å². The molecule has 0 saturated carbocycles. The van der Waals surface area contributed by atoms with Gasteiger partial charge in [-0.25, -0.2) is 0 Å². The molecule has 0 bridgehead atoms. The number of aromatic nitrogens is 2. The first-order valence-electron chi connectivity index (χ1n) is 6.22. The number of ether oxygens (including phenoxy) is 2. The van der Waals surface area contributed by atoms with Crippen LogP contribution in [-0.4, -0.2) is 54.5 Å². The van der Waals surface area contributed by atoms with E-state index in [-0.39, 0.29) is 6.61 Å². The second kappa shape index (κ2) is 8.91. The van der Waals surface area contributed by atoms with Crippen molar-refractivity contribution in [3.63, 3.8) is 0 Å². The molecule has 18 heavy (non-hydrogen) atoms. The van der Waals surface area contributed by atoms with Crippen molar-refractivity contribution in [2.75, 3.05) is 38.9 Å². The van der Waals surface area contributed by atoms with Gasteiger partial charge in [0, 0.05) is 26.0 Å². The van der Waals surface area contributed by atoms with Crippen molar-refractivity contribution in [3.05, 3.63) is 12.4 Å². The van der Waals surface area contributed by atoms with Crippen molar-refractivity contribution in [2.45, 2.75) is 25.9 Å². The van der Waals surface area contributed by atoms with Gasteiger partial charge in [-0.1, -0.05) is 0 Å². The van der Waals surface area contributed by atoms with E-state index in [0.29, 0.717) is 25.8 Å². The number of aliphatic hydroxyl groups is 1. The van der Waals surface area contributed by atoms with E-state index in [9.17, 15) is 0 Å². The van der Waals surface area contributed by atoms with E-state index in [0.717, 1.165) is 18.7 Å². The third-order valence-electron chi connectivity index (χ3n) is 2.50. The van der Waals surface area contributed by atoms with Gasteiger partial charge in [0.05, 0.1) is 38.2 Å². The van der Waals surface area contributed by atoms with E-state index in [4.69, 9.17) is 14.6 Å². The third-order valence-corrected chi connectivity index (χ3v) is 2.50. The number of nitrogens with zero attached hydrogens (tertiary/aromatic N) is 2. The fourth-order valence-corrected chi connectivity index (χ4v) is 1.54. The maximum absolute atomic E-state index is 8.57. The summed E-state index contributed by atoms with van der Waals surface area (Å²) in [6.45, 7) is 4.54. The van der Waals surface area contributed by atoms with Crippen molar-refractivity contribution in [2.24, 2.45) is 0 Å². The number of rotatable bonds is 10. The number of methoxy groups -OCH3 is 1. The van der Waals surface area contributed by atoms with Crippen LogP contribution >= 0.6 is 0 Å². The average Bonchev–Trinajstić information content (AvgIpc) is 2.80. The highest BCUT2D eigenvalue weighted by molar-refractivity contribution is 5.38. The Bertz CT molecular complexity index is 317. The SMILES string of the molecule is COCCC(C)Nc1cnn(CCOCCO)c1. The molecule has 1 aromatic rings. The predicted molar refractivity (Wildman–Crippen MR) is 69.7 cm³/mol. The molecule has 0 saturated heterocycles. The molecule has 1 heterocycles. The molecule has 0 spiro atoms. The van der Waals surface area contributed by atoms with Gasteiger partial charge in [0.25, 0.3) is 0 Å². The minimum Gasteiger partial charge on any atom is -0.394 e.